The van der Waals surface area contributed by atoms with Gasteiger partial charge in [0.15, 0.2) is 0 Å². The molecule has 3 aliphatic rings. The standard InChI is InChI=1S/C12H21N/c1-2-4-10(3-1)11-5-6-12(7-11)8-13-9-12/h10-11,13H,1-9H2. The Morgan fingerprint density at radius 2 is 1.69 bits per heavy atom. The molecule has 2 saturated carbocycles. The molecule has 1 nitrogen and oxygen atoms in total. The molecule has 3 fully saturated rings. The Labute approximate surface area is 81.3 Å². The number of nitrogens with one attached hydrogen (secondary N) is 1. The molecule has 3 rings (SSSR count). The summed E-state index contributed by atoms with van der Waals surface area (Å²) in [6.45, 7) is 2.66. The van der Waals surface area contributed by atoms with Crippen LogP contribution in [0.15, 0.2) is 0 Å². The van der Waals surface area contributed by atoms with Crippen molar-refractivity contribution < 1.29 is 0 Å². The highest BCUT2D eigenvalue weighted by Gasteiger charge is 2.45. The van der Waals surface area contributed by atoms with E-state index in [9.17, 15) is 0 Å². The number of hydrogen-bond acceptors (Lipinski definition) is 1. The number of rotatable bonds is 1. The van der Waals surface area contributed by atoms with E-state index in [2.05, 4.69) is 5.32 Å². The van der Waals surface area contributed by atoms with Gasteiger partial charge in [-0.2, -0.15) is 0 Å². The zero-order valence-electron chi connectivity index (χ0n) is 8.52. The zero-order chi connectivity index (χ0) is 8.73. The monoisotopic (exact) mass is 179 g/mol. The minimum absolute atomic E-state index is 0.785. The van der Waals surface area contributed by atoms with Crippen molar-refractivity contribution in [1.29, 1.82) is 0 Å². The van der Waals surface area contributed by atoms with Crippen LogP contribution in [0.2, 0.25) is 0 Å². The Balaban J connectivity index is 1.61. The zero-order valence-corrected chi connectivity index (χ0v) is 8.52. The molecule has 1 heterocycles. The van der Waals surface area contributed by atoms with E-state index in [0.717, 1.165) is 17.3 Å². The van der Waals surface area contributed by atoms with E-state index in [-0.39, 0.29) is 0 Å². The molecule has 0 bridgehead atoms. The van der Waals surface area contributed by atoms with Crippen molar-refractivity contribution in [1.82, 2.24) is 5.32 Å². The minimum Gasteiger partial charge on any atom is -0.316 e. The fraction of sp³-hybridized carbons (Fsp3) is 1.00. The predicted octanol–water partition coefficient (Wildman–Crippen LogP) is 2.57. The normalized spacial score (nSPS) is 38.3. The second-order valence-electron chi connectivity index (χ2n) is 5.65. The molecule has 0 aromatic carbocycles. The summed E-state index contributed by atoms with van der Waals surface area (Å²) in [6.07, 6.45) is 10.8. The Hall–Kier alpha value is -0.0400. The van der Waals surface area contributed by atoms with Gasteiger partial charge in [-0.3, -0.25) is 0 Å². The maximum absolute atomic E-state index is 3.46. The van der Waals surface area contributed by atoms with Crippen LogP contribution in [0.4, 0.5) is 0 Å². The van der Waals surface area contributed by atoms with Crippen LogP contribution in [0.5, 0.6) is 0 Å². The van der Waals surface area contributed by atoms with Crippen molar-refractivity contribution >= 4 is 0 Å². The highest BCUT2D eigenvalue weighted by Crippen LogP contribution is 2.50. The first-order valence-electron chi connectivity index (χ1n) is 6.09. The maximum atomic E-state index is 3.46. The summed E-state index contributed by atoms with van der Waals surface area (Å²) in [5.41, 5.74) is 0.785. The van der Waals surface area contributed by atoms with E-state index in [1.165, 1.54) is 32.4 Å². The highest BCUT2D eigenvalue weighted by molar-refractivity contribution is 5.00. The average Bonchev–Trinajstić information content (AvgIpc) is 2.71. The molecule has 0 amide bonds. The van der Waals surface area contributed by atoms with Crippen LogP contribution in [-0.4, -0.2) is 13.1 Å². The van der Waals surface area contributed by atoms with Gasteiger partial charge in [0.05, 0.1) is 0 Å². The summed E-state index contributed by atoms with van der Waals surface area (Å²) in [7, 11) is 0. The van der Waals surface area contributed by atoms with Crippen LogP contribution in [0.25, 0.3) is 0 Å². The van der Waals surface area contributed by atoms with Gasteiger partial charge in [-0.15, -0.1) is 0 Å². The third kappa shape index (κ3) is 1.32. The van der Waals surface area contributed by atoms with Gasteiger partial charge in [0.1, 0.15) is 0 Å². The Morgan fingerprint density at radius 3 is 2.23 bits per heavy atom. The van der Waals surface area contributed by atoms with Crippen LogP contribution in [-0.2, 0) is 0 Å². The third-order valence-corrected chi connectivity index (χ3v) is 4.81. The average molecular weight is 179 g/mol. The van der Waals surface area contributed by atoms with Crippen molar-refractivity contribution in [2.75, 3.05) is 13.1 Å². The summed E-state index contributed by atoms with van der Waals surface area (Å²) in [5, 5.41) is 3.46. The molecule has 0 radical (unpaired) electrons. The fourth-order valence-corrected chi connectivity index (χ4v) is 3.88. The van der Waals surface area contributed by atoms with Crippen molar-refractivity contribution in [3.05, 3.63) is 0 Å². The molecule has 1 spiro atoms. The molecule has 1 saturated heterocycles. The lowest BCUT2D eigenvalue weighted by Gasteiger charge is -2.40. The van der Waals surface area contributed by atoms with E-state index in [1.807, 2.05) is 0 Å². The van der Waals surface area contributed by atoms with Gasteiger partial charge in [-0.1, -0.05) is 25.7 Å². The molecule has 0 aromatic rings. The lowest BCUT2D eigenvalue weighted by atomic mass is 9.78. The van der Waals surface area contributed by atoms with Crippen LogP contribution in [0.3, 0.4) is 0 Å². The van der Waals surface area contributed by atoms with E-state index in [4.69, 9.17) is 0 Å². The molecule has 1 aliphatic heterocycles. The van der Waals surface area contributed by atoms with Crippen molar-refractivity contribution in [3.63, 3.8) is 0 Å². The summed E-state index contributed by atoms with van der Waals surface area (Å²) in [4.78, 5) is 0. The van der Waals surface area contributed by atoms with Crippen LogP contribution in [0.1, 0.15) is 44.9 Å². The van der Waals surface area contributed by atoms with E-state index >= 15 is 0 Å². The van der Waals surface area contributed by atoms with Gasteiger partial charge in [0.2, 0.25) is 0 Å². The molecule has 1 atom stereocenters. The second kappa shape index (κ2) is 2.98. The van der Waals surface area contributed by atoms with Crippen molar-refractivity contribution in [2.45, 2.75) is 44.9 Å². The van der Waals surface area contributed by atoms with Crippen LogP contribution < -0.4 is 5.32 Å². The Morgan fingerprint density at radius 1 is 0.923 bits per heavy atom. The number of hydrogen-bond donors (Lipinski definition) is 1. The van der Waals surface area contributed by atoms with Gasteiger partial charge >= 0.3 is 0 Å². The fourth-order valence-electron chi connectivity index (χ4n) is 3.88. The first-order chi connectivity index (χ1) is 6.38. The smallest absolute Gasteiger partial charge is 0.00203 e. The predicted molar refractivity (Wildman–Crippen MR) is 54.6 cm³/mol. The van der Waals surface area contributed by atoms with E-state index in [1.54, 1.807) is 25.7 Å². The van der Waals surface area contributed by atoms with Gasteiger partial charge in [-0.25, -0.2) is 0 Å². The minimum atomic E-state index is 0.785. The summed E-state index contributed by atoms with van der Waals surface area (Å²) in [5.74, 6) is 2.24. The van der Waals surface area contributed by atoms with Crippen molar-refractivity contribution in [3.8, 4) is 0 Å². The summed E-state index contributed by atoms with van der Waals surface area (Å²) in [6, 6.07) is 0. The van der Waals surface area contributed by atoms with E-state index < -0.39 is 0 Å². The molecule has 1 heteroatoms. The van der Waals surface area contributed by atoms with E-state index in [0.29, 0.717) is 0 Å². The SMILES string of the molecule is C1CCC(C2CCC3(CNC3)C2)C1. The molecule has 13 heavy (non-hydrogen) atoms. The van der Waals surface area contributed by atoms with Gasteiger partial charge in [-0.05, 0) is 36.5 Å². The quantitative estimate of drug-likeness (QED) is 0.652. The van der Waals surface area contributed by atoms with Crippen LogP contribution >= 0.6 is 0 Å². The first-order valence-corrected chi connectivity index (χ1v) is 6.09. The van der Waals surface area contributed by atoms with Gasteiger partial charge in [0, 0.05) is 13.1 Å². The van der Waals surface area contributed by atoms with Gasteiger partial charge in [0.25, 0.3) is 0 Å². The molecule has 74 valence electrons. The summed E-state index contributed by atoms with van der Waals surface area (Å²) >= 11 is 0. The Bertz CT molecular complexity index is 189. The second-order valence-corrected chi connectivity index (χ2v) is 5.65. The topological polar surface area (TPSA) is 12.0 Å². The molecule has 1 unspecified atom stereocenters. The molecule has 2 aliphatic carbocycles. The molecule has 0 aromatic heterocycles. The molecule has 1 N–H and O–H groups in total. The summed E-state index contributed by atoms with van der Waals surface area (Å²) < 4.78 is 0. The largest absolute Gasteiger partial charge is 0.316 e. The van der Waals surface area contributed by atoms with Gasteiger partial charge < -0.3 is 5.32 Å². The van der Waals surface area contributed by atoms with Crippen LogP contribution in [0, 0.1) is 17.3 Å². The first kappa shape index (κ1) is 8.28. The third-order valence-electron chi connectivity index (χ3n) is 4.81. The maximum Gasteiger partial charge on any atom is 0.00203 e. The molecular formula is C12H21N. The lowest BCUT2D eigenvalue weighted by molar-refractivity contribution is 0.161. The Kier molecular flexibility index (Phi) is 1.90. The molecular weight excluding hydrogens is 158 g/mol. The lowest BCUT2D eigenvalue weighted by Crippen LogP contribution is -2.51. The highest BCUT2D eigenvalue weighted by atomic mass is 15.0. The van der Waals surface area contributed by atoms with Crippen molar-refractivity contribution in [2.24, 2.45) is 17.3 Å².